The van der Waals surface area contributed by atoms with Crippen molar-refractivity contribution in [1.29, 1.82) is 0 Å². The first-order chi connectivity index (χ1) is 10.3. The van der Waals surface area contributed by atoms with Crippen LogP contribution in [0.1, 0.15) is 16.7 Å². The van der Waals surface area contributed by atoms with E-state index in [4.69, 9.17) is 11.6 Å². The summed E-state index contributed by atoms with van der Waals surface area (Å²) in [4.78, 5) is 4.09. The Morgan fingerprint density at radius 3 is 2.10 bits per heavy atom. The predicted octanol–water partition coefficient (Wildman–Crippen LogP) is 5.32. The van der Waals surface area contributed by atoms with E-state index in [0.29, 0.717) is 0 Å². The Morgan fingerprint density at radius 1 is 0.762 bits per heavy atom. The summed E-state index contributed by atoms with van der Waals surface area (Å²) >= 11 is 6.29. The van der Waals surface area contributed by atoms with E-state index >= 15 is 0 Å². The average Bonchev–Trinajstić information content (AvgIpc) is 2.56. The molecule has 0 saturated heterocycles. The third-order valence-electron chi connectivity index (χ3n) is 3.28. The third kappa shape index (κ3) is 3.21. The van der Waals surface area contributed by atoms with Crippen molar-refractivity contribution in [2.45, 2.75) is 0 Å². The first-order valence-corrected chi connectivity index (χ1v) is 7.14. The lowest BCUT2D eigenvalue weighted by molar-refractivity contribution is 1.32. The Labute approximate surface area is 129 Å². The summed E-state index contributed by atoms with van der Waals surface area (Å²) in [6.45, 7) is 0. The van der Waals surface area contributed by atoms with Crippen molar-refractivity contribution < 1.29 is 0 Å². The van der Waals surface area contributed by atoms with Gasteiger partial charge in [0.05, 0.1) is 0 Å². The van der Waals surface area contributed by atoms with Crippen LogP contribution in [0.5, 0.6) is 0 Å². The molecule has 102 valence electrons. The van der Waals surface area contributed by atoms with Crippen LogP contribution in [0.2, 0.25) is 5.02 Å². The molecule has 0 aliphatic carbocycles. The summed E-state index contributed by atoms with van der Waals surface area (Å²) in [5, 5.41) is 0.750. The van der Waals surface area contributed by atoms with Gasteiger partial charge in [-0.3, -0.25) is 4.98 Å². The van der Waals surface area contributed by atoms with Crippen LogP contribution in [-0.4, -0.2) is 4.98 Å². The fourth-order valence-electron chi connectivity index (χ4n) is 2.23. The first kappa shape index (κ1) is 13.6. The zero-order valence-electron chi connectivity index (χ0n) is 11.4. The topological polar surface area (TPSA) is 12.9 Å². The molecule has 0 aliphatic rings. The molecule has 21 heavy (non-hydrogen) atoms. The third-order valence-corrected chi connectivity index (χ3v) is 3.63. The van der Waals surface area contributed by atoms with E-state index in [1.165, 1.54) is 0 Å². The molecule has 0 aliphatic heterocycles. The van der Waals surface area contributed by atoms with Crippen LogP contribution in [-0.2, 0) is 0 Å². The van der Waals surface area contributed by atoms with E-state index in [2.05, 4.69) is 23.2 Å². The predicted molar refractivity (Wildman–Crippen MR) is 89.1 cm³/mol. The number of nitrogens with zero attached hydrogens (tertiary/aromatic N) is 1. The molecule has 0 fully saturated rings. The minimum absolute atomic E-state index is 0.750. The number of aromatic nitrogens is 1. The van der Waals surface area contributed by atoms with Gasteiger partial charge < -0.3 is 0 Å². The van der Waals surface area contributed by atoms with E-state index in [1.54, 1.807) is 12.4 Å². The van der Waals surface area contributed by atoms with Gasteiger partial charge in [0.15, 0.2) is 0 Å². The van der Waals surface area contributed by atoms with Crippen LogP contribution in [0.3, 0.4) is 0 Å². The summed E-state index contributed by atoms with van der Waals surface area (Å²) in [5.41, 5.74) is 4.42. The smallest absolute Gasteiger partial charge is 0.0478 e. The highest BCUT2D eigenvalue weighted by molar-refractivity contribution is 6.32. The molecule has 0 spiro atoms. The van der Waals surface area contributed by atoms with Crippen molar-refractivity contribution in [2.24, 2.45) is 0 Å². The van der Waals surface area contributed by atoms with Gasteiger partial charge >= 0.3 is 0 Å². The van der Waals surface area contributed by atoms with Gasteiger partial charge in [0.25, 0.3) is 0 Å². The summed E-state index contributed by atoms with van der Waals surface area (Å²) in [6, 6.07) is 22.2. The zero-order valence-corrected chi connectivity index (χ0v) is 12.2. The summed E-state index contributed by atoms with van der Waals surface area (Å²) in [5.74, 6) is 0. The number of hydrogen-bond acceptors (Lipinski definition) is 1. The molecule has 0 amide bonds. The Kier molecular flexibility index (Phi) is 4.13. The molecule has 2 heteroatoms. The maximum atomic E-state index is 6.29. The lowest BCUT2D eigenvalue weighted by Crippen LogP contribution is -1.89. The number of rotatable bonds is 3. The molecule has 0 bridgehead atoms. The van der Waals surface area contributed by atoms with Gasteiger partial charge in [-0.1, -0.05) is 60.1 Å². The van der Waals surface area contributed by atoms with E-state index in [-0.39, 0.29) is 0 Å². The van der Waals surface area contributed by atoms with E-state index in [9.17, 15) is 0 Å². The normalized spacial score (nSPS) is 11.4. The van der Waals surface area contributed by atoms with Crippen LogP contribution >= 0.6 is 11.6 Å². The molecule has 1 aromatic heterocycles. The van der Waals surface area contributed by atoms with Gasteiger partial charge in [-0.05, 0) is 46.5 Å². The monoisotopic (exact) mass is 291 g/mol. The van der Waals surface area contributed by atoms with Crippen molar-refractivity contribution in [3.05, 3.63) is 101 Å². The number of pyridine rings is 1. The number of hydrogen-bond donors (Lipinski definition) is 0. The van der Waals surface area contributed by atoms with Crippen molar-refractivity contribution in [1.82, 2.24) is 4.98 Å². The van der Waals surface area contributed by atoms with Crippen LogP contribution in [0.4, 0.5) is 0 Å². The largest absolute Gasteiger partial charge is 0.265 e. The standard InChI is InChI=1S/C19H14ClN/c20-19-9-5-4-8-17(19)14-18(15-6-2-1-3-7-15)16-10-12-21-13-11-16/h1-14H. The maximum Gasteiger partial charge on any atom is 0.0478 e. The van der Waals surface area contributed by atoms with Crippen LogP contribution in [0, 0.1) is 0 Å². The zero-order chi connectivity index (χ0) is 14.5. The molecule has 3 aromatic rings. The minimum atomic E-state index is 0.750. The second-order valence-corrected chi connectivity index (χ2v) is 5.09. The number of benzene rings is 2. The van der Waals surface area contributed by atoms with Crippen molar-refractivity contribution >= 4 is 23.3 Å². The van der Waals surface area contributed by atoms with Gasteiger partial charge in [-0.2, -0.15) is 0 Å². The SMILES string of the molecule is Clc1ccccc1C=C(c1ccccc1)c1ccncc1. The molecule has 1 nitrogen and oxygen atoms in total. The molecular weight excluding hydrogens is 278 g/mol. The van der Waals surface area contributed by atoms with E-state index in [0.717, 1.165) is 27.3 Å². The van der Waals surface area contributed by atoms with Gasteiger partial charge in [-0.15, -0.1) is 0 Å². The first-order valence-electron chi connectivity index (χ1n) is 6.76. The second-order valence-electron chi connectivity index (χ2n) is 4.68. The maximum absolute atomic E-state index is 6.29. The molecule has 0 unspecified atom stereocenters. The van der Waals surface area contributed by atoms with Crippen LogP contribution < -0.4 is 0 Å². The lowest BCUT2D eigenvalue weighted by atomic mass is 9.96. The highest BCUT2D eigenvalue weighted by Gasteiger charge is 2.06. The van der Waals surface area contributed by atoms with Gasteiger partial charge in [0, 0.05) is 17.4 Å². The molecule has 0 radical (unpaired) electrons. The van der Waals surface area contributed by atoms with Gasteiger partial charge in [0.1, 0.15) is 0 Å². The Morgan fingerprint density at radius 2 is 1.38 bits per heavy atom. The Hall–Kier alpha value is -2.38. The van der Waals surface area contributed by atoms with Crippen LogP contribution in [0.15, 0.2) is 79.1 Å². The van der Waals surface area contributed by atoms with Gasteiger partial charge in [0.2, 0.25) is 0 Å². The quantitative estimate of drug-likeness (QED) is 0.595. The molecule has 2 aromatic carbocycles. The molecular formula is C19H14ClN. The average molecular weight is 292 g/mol. The molecule has 0 N–H and O–H groups in total. The Balaban J connectivity index is 2.16. The van der Waals surface area contributed by atoms with E-state index in [1.807, 2.05) is 54.6 Å². The second kappa shape index (κ2) is 6.38. The number of halogens is 1. The summed E-state index contributed by atoms with van der Waals surface area (Å²) < 4.78 is 0. The Bertz CT molecular complexity index is 707. The fourth-order valence-corrected chi connectivity index (χ4v) is 2.42. The highest BCUT2D eigenvalue weighted by atomic mass is 35.5. The highest BCUT2D eigenvalue weighted by Crippen LogP contribution is 2.28. The molecule has 0 saturated carbocycles. The van der Waals surface area contributed by atoms with Crippen molar-refractivity contribution in [3.63, 3.8) is 0 Å². The summed E-state index contributed by atoms with van der Waals surface area (Å²) in [6.07, 6.45) is 5.73. The van der Waals surface area contributed by atoms with Crippen LogP contribution in [0.25, 0.3) is 11.6 Å². The van der Waals surface area contributed by atoms with Gasteiger partial charge in [-0.25, -0.2) is 0 Å². The molecule has 1 heterocycles. The minimum Gasteiger partial charge on any atom is -0.265 e. The summed E-state index contributed by atoms with van der Waals surface area (Å²) in [7, 11) is 0. The lowest BCUT2D eigenvalue weighted by Gasteiger charge is -2.09. The van der Waals surface area contributed by atoms with E-state index < -0.39 is 0 Å². The molecule has 0 atom stereocenters. The van der Waals surface area contributed by atoms with Crippen molar-refractivity contribution in [3.8, 4) is 0 Å². The molecule has 3 rings (SSSR count). The fraction of sp³-hybridized carbons (Fsp3) is 0. The van der Waals surface area contributed by atoms with Crippen molar-refractivity contribution in [2.75, 3.05) is 0 Å².